The lowest BCUT2D eigenvalue weighted by Gasteiger charge is -2.26. The number of nitrogens with two attached hydrogens (primary N) is 1. The van der Waals surface area contributed by atoms with Gasteiger partial charge in [-0.25, -0.2) is 0 Å². The molecule has 0 spiro atoms. The molecule has 7 heteroatoms. The number of benzene rings is 1. The number of primary amides is 1. The normalized spacial score (nSPS) is 13.5. The van der Waals surface area contributed by atoms with Gasteiger partial charge < -0.3 is 21.5 Å². The molecule has 1 atom stereocenters. The first kappa shape index (κ1) is 14.9. The van der Waals surface area contributed by atoms with Crippen LogP contribution in [0.25, 0.3) is 0 Å². The molecule has 104 valence electrons. The molecule has 0 aliphatic heterocycles. The minimum Gasteiger partial charge on any atom is -0.733 e. The Bertz CT molecular complexity index is 472. The predicted molar refractivity (Wildman–Crippen MR) is 69.4 cm³/mol. The van der Waals surface area contributed by atoms with Crippen molar-refractivity contribution in [2.45, 2.75) is 25.8 Å². The van der Waals surface area contributed by atoms with Crippen LogP contribution in [0.15, 0.2) is 24.3 Å². The summed E-state index contributed by atoms with van der Waals surface area (Å²) >= 11 is 0. The molecule has 4 N–H and O–H groups in total. The molecule has 7 nitrogen and oxygen atoms in total. The second kappa shape index (κ2) is 5.68. The van der Waals surface area contributed by atoms with E-state index in [9.17, 15) is 14.8 Å². The highest BCUT2D eigenvalue weighted by molar-refractivity contribution is 5.98. The van der Waals surface area contributed by atoms with Gasteiger partial charge in [0.2, 0.25) is 5.91 Å². The summed E-state index contributed by atoms with van der Waals surface area (Å²) in [6, 6.07) is 5.30. The van der Waals surface area contributed by atoms with Crippen molar-refractivity contribution in [3.63, 3.8) is 0 Å². The van der Waals surface area contributed by atoms with Gasteiger partial charge in [-0.15, -0.1) is 0 Å². The number of nitrogens with one attached hydrogen (secondary N) is 1. The quantitative estimate of drug-likeness (QED) is 0.680. The maximum Gasteiger partial charge on any atom is 0.252 e. The van der Waals surface area contributed by atoms with Crippen LogP contribution in [0.1, 0.15) is 30.6 Å². The van der Waals surface area contributed by atoms with E-state index in [0.717, 1.165) is 0 Å². The Labute approximate surface area is 110 Å². The summed E-state index contributed by atoms with van der Waals surface area (Å²) in [5, 5.41) is 21.5. The SMILES string of the molecule is CC[C@](C)(NC(=O)c1ccc(N([O-])O)cc1)C(N)=O. The first-order valence-corrected chi connectivity index (χ1v) is 5.69. The summed E-state index contributed by atoms with van der Waals surface area (Å²) in [6.07, 6.45) is 0.358. The fourth-order valence-corrected chi connectivity index (χ4v) is 1.39. The highest BCUT2D eigenvalue weighted by atomic mass is 16.8. The van der Waals surface area contributed by atoms with Gasteiger partial charge in [0.25, 0.3) is 5.91 Å². The molecule has 0 bridgehead atoms. The van der Waals surface area contributed by atoms with Crippen molar-refractivity contribution in [3.8, 4) is 0 Å². The second-order valence-electron chi connectivity index (χ2n) is 4.32. The van der Waals surface area contributed by atoms with E-state index < -0.39 is 17.4 Å². The van der Waals surface area contributed by atoms with Crippen molar-refractivity contribution in [1.82, 2.24) is 5.32 Å². The standard InChI is InChI=1S/C12H16N3O4/c1-3-12(2,11(13)17)14-10(16)8-4-6-9(7-5-8)15(18)19/h4-7,18H,3H2,1-2H3,(H2,13,17)(H,14,16)/q-1/t12-/m0/s1. The third-order valence-corrected chi connectivity index (χ3v) is 2.99. The lowest BCUT2D eigenvalue weighted by atomic mass is 9.97. The van der Waals surface area contributed by atoms with Gasteiger partial charge in [0, 0.05) is 5.56 Å². The zero-order valence-electron chi connectivity index (χ0n) is 10.7. The van der Waals surface area contributed by atoms with Crippen LogP contribution in [-0.2, 0) is 4.79 Å². The van der Waals surface area contributed by atoms with Crippen LogP contribution in [0.5, 0.6) is 0 Å². The molecule has 0 aliphatic rings. The van der Waals surface area contributed by atoms with E-state index >= 15 is 0 Å². The molecule has 1 rings (SSSR count). The minimum atomic E-state index is -1.13. The number of nitrogens with zero attached hydrogens (tertiary/aromatic N) is 1. The number of hydrogen-bond donors (Lipinski definition) is 3. The minimum absolute atomic E-state index is 0.00436. The maximum absolute atomic E-state index is 11.9. The van der Waals surface area contributed by atoms with Gasteiger partial charge in [0.05, 0.1) is 5.69 Å². The molecule has 0 unspecified atom stereocenters. The Kier molecular flexibility index (Phi) is 4.47. The van der Waals surface area contributed by atoms with Crippen LogP contribution >= 0.6 is 0 Å². The molecular weight excluding hydrogens is 250 g/mol. The Morgan fingerprint density at radius 2 is 1.95 bits per heavy atom. The van der Waals surface area contributed by atoms with Gasteiger partial charge in [0.15, 0.2) is 0 Å². The highest BCUT2D eigenvalue weighted by Crippen LogP contribution is 2.14. The van der Waals surface area contributed by atoms with Gasteiger partial charge in [-0.05, 0) is 37.6 Å². The number of carbonyl (C=O) groups is 2. The molecule has 0 saturated carbocycles. The fourth-order valence-electron chi connectivity index (χ4n) is 1.39. The van der Waals surface area contributed by atoms with Gasteiger partial charge in [0.1, 0.15) is 5.54 Å². The lowest BCUT2D eigenvalue weighted by Crippen LogP contribution is -2.54. The Balaban J connectivity index is 2.86. The van der Waals surface area contributed by atoms with Crippen LogP contribution < -0.4 is 16.3 Å². The lowest BCUT2D eigenvalue weighted by molar-refractivity contribution is -0.123. The molecule has 0 aliphatic carbocycles. The molecule has 0 saturated heterocycles. The average Bonchev–Trinajstić information content (AvgIpc) is 2.38. The third-order valence-electron chi connectivity index (χ3n) is 2.99. The molecule has 0 heterocycles. The van der Waals surface area contributed by atoms with Crippen molar-refractivity contribution < 1.29 is 14.8 Å². The summed E-state index contributed by atoms with van der Waals surface area (Å²) in [7, 11) is 0. The van der Waals surface area contributed by atoms with E-state index in [2.05, 4.69) is 5.32 Å². The molecular formula is C12H16N3O4-. The van der Waals surface area contributed by atoms with E-state index in [1.807, 2.05) is 0 Å². The summed E-state index contributed by atoms with van der Waals surface area (Å²) in [5.74, 6) is -1.11. The van der Waals surface area contributed by atoms with Gasteiger partial charge in [-0.1, -0.05) is 6.92 Å². The van der Waals surface area contributed by atoms with E-state index in [1.165, 1.54) is 31.2 Å². The zero-order valence-corrected chi connectivity index (χ0v) is 10.7. The van der Waals surface area contributed by atoms with E-state index in [1.54, 1.807) is 6.92 Å². The van der Waals surface area contributed by atoms with Gasteiger partial charge >= 0.3 is 0 Å². The van der Waals surface area contributed by atoms with Crippen molar-refractivity contribution >= 4 is 17.5 Å². The van der Waals surface area contributed by atoms with Crippen molar-refractivity contribution in [1.29, 1.82) is 0 Å². The number of rotatable bonds is 5. The average molecular weight is 266 g/mol. The largest absolute Gasteiger partial charge is 0.733 e. The van der Waals surface area contributed by atoms with Crippen LogP contribution in [0.2, 0.25) is 0 Å². The smallest absolute Gasteiger partial charge is 0.252 e. The molecule has 0 radical (unpaired) electrons. The Morgan fingerprint density at radius 1 is 1.42 bits per heavy atom. The fraction of sp³-hybridized carbons (Fsp3) is 0.333. The van der Waals surface area contributed by atoms with Crippen LogP contribution in [0.4, 0.5) is 5.69 Å². The first-order valence-electron chi connectivity index (χ1n) is 5.69. The summed E-state index contributed by atoms with van der Waals surface area (Å²) in [5.41, 5.74) is 4.37. The topological polar surface area (TPSA) is 119 Å². The van der Waals surface area contributed by atoms with Crippen LogP contribution in [0.3, 0.4) is 0 Å². The van der Waals surface area contributed by atoms with Crippen LogP contribution in [-0.4, -0.2) is 22.6 Å². The predicted octanol–water partition coefficient (Wildman–Crippen LogP) is 0.764. The monoisotopic (exact) mass is 266 g/mol. The Hall–Kier alpha value is -2.12. The van der Waals surface area contributed by atoms with Gasteiger partial charge in [-0.2, -0.15) is 0 Å². The van der Waals surface area contributed by atoms with E-state index in [-0.39, 0.29) is 16.5 Å². The summed E-state index contributed by atoms with van der Waals surface area (Å²) < 4.78 is 0. The molecule has 0 aromatic heterocycles. The number of carbonyl (C=O) groups excluding carboxylic acids is 2. The number of anilines is 1. The van der Waals surface area contributed by atoms with Crippen molar-refractivity contribution in [2.75, 3.05) is 5.23 Å². The highest BCUT2D eigenvalue weighted by Gasteiger charge is 2.30. The summed E-state index contributed by atoms with van der Waals surface area (Å²) in [6.45, 7) is 3.27. The van der Waals surface area contributed by atoms with Crippen LogP contribution in [0, 0.1) is 5.21 Å². The maximum atomic E-state index is 11.9. The molecule has 19 heavy (non-hydrogen) atoms. The molecule has 1 aromatic carbocycles. The van der Waals surface area contributed by atoms with Crippen molar-refractivity contribution in [2.24, 2.45) is 5.73 Å². The second-order valence-corrected chi connectivity index (χ2v) is 4.32. The molecule has 2 amide bonds. The summed E-state index contributed by atoms with van der Waals surface area (Å²) in [4.78, 5) is 23.2. The number of amides is 2. The third kappa shape index (κ3) is 3.43. The Morgan fingerprint density at radius 3 is 2.32 bits per heavy atom. The molecule has 0 fully saturated rings. The van der Waals surface area contributed by atoms with Gasteiger partial charge in [-0.3, -0.25) is 14.8 Å². The first-order chi connectivity index (χ1) is 8.80. The number of hydrogen-bond acceptors (Lipinski definition) is 5. The zero-order chi connectivity index (χ0) is 14.6. The van der Waals surface area contributed by atoms with E-state index in [4.69, 9.17) is 10.9 Å². The van der Waals surface area contributed by atoms with E-state index in [0.29, 0.717) is 6.42 Å². The molecule has 1 aromatic rings. The van der Waals surface area contributed by atoms with Crippen molar-refractivity contribution in [3.05, 3.63) is 35.0 Å².